The van der Waals surface area contributed by atoms with Crippen LogP contribution >= 0.6 is 0 Å². The summed E-state index contributed by atoms with van der Waals surface area (Å²) in [6.45, 7) is 4.27. The lowest BCUT2D eigenvalue weighted by atomic mass is 10.2. The van der Waals surface area contributed by atoms with Crippen LogP contribution in [0.1, 0.15) is 12.2 Å². The normalized spacial score (nSPS) is 21.0. The van der Waals surface area contributed by atoms with Gasteiger partial charge in [0, 0.05) is 38.6 Å². The number of hydrogen-bond acceptors (Lipinski definition) is 5. The van der Waals surface area contributed by atoms with Gasteiger partial charge in [-0.05, 0) is 18.6 Å². The molecule has 7 heteroatoms. The second kappa shape index (κ2) is 7.14. The largest absolute Gasteiger partial charge is 0.485 e. The van der Waals surface area contributed by atoms with E-state index in [-0.39, 0.29) is 12.5 Å². The van der Waals surface area contributed by atoms with Gasteiger partial charge >= 0.3 is 0 Å². The summed E-state index contributed by atoms with van der Waals surface area (Å²) in [5, 5.41) is 0. The molecule has 4 rings (SSSR count). The molecular formula is C18H22N4O3. The van der Waals surface area contributed by atoms with Crippen LogP contribution in [0.15, 0.2) is 36.7 Å². The van der Waals surface area contributed by atoms with Gasteiger partial charge < -0.3 is 19.4 Å². The Morgan fingerprint density at radius 2 is 2.08 bits per heavy atom. The maximum atomic E-state index is 12.8. The Hall–Kier alpha value is -2.54. The molecule has 1 atom stereocenters. The van der Waals surface area contributed by atoms with Crippen molar-refractivity contribution in [3.05, 3.63) is 42.5 Å². The van der Waals surface area contributed by atoms with Crippen LogP contribution in [-0.4, -0.2) is 64.6 Å². The van der Waals surface area contributed by atoms with Gasteiger partial charge in [0.15, 0.2) is 11.5 Å². The molecule has 0 aliphatic carbocycles. The van der Waals surface area contributed by atoms with Crippen molar-refractivity contribution in [3.8, 4) is 11.5 Å². The van der Waals surface area contributed by atoms with Crippen LogP contribution < -0.4 is 9.47 Å². The molecule has 0 saturated carbocycles. The molecule has 1 amide bonds. The smallest absolute Gasteiger partial charge is 0.267 e. The molecule has 0 radical (unpaired) electrons. The lowest BCUT2D eigenvalue weighted by Crippen LogP contribution is -2.47. The Bertz CT molecular complexity index is 719. The van der Waals surface area contributed by atoms with Gasteiger partial charge in [-0.3, -0.25) is 9.69 Å². The minimum Gasteiger partial charge on any atom is -0.485 e. The summed E-state index contributed by atoms with van der Waals surface area (Å²) < 4.78 is 11.5. The Morgan fingerprint density at radius 3 is 2.92 bits per heavy atom. The minimum atomic E-state index is -0.563. The van der Waals surface area contributed by atoms with E-state index in [1.54, 1.807) is 6.20 Å². The monoisotopic (exact) mass is 342 g/mol. The lowest BCUT2D eigenvalue weighted by molar-refractivity contribution is -0.141. The van der Waals surface area contributed by atoms with Gasteiger partial charge in [0.25, 0.3) is 5.91 Å². The predicted octanol–water partition coefficient (Wildman–Crippen LogP) is 1.28. The highest BCUT2D eigenvalue weighted by molar-refractivity contribution is 5.82. The van der Waals surface area contributed by atoms with Gasteiger partial charge in [-0.2, -0.15) is 0 Å². The Labute approximate surface area is 146 Å². The van der Waals surface area contributed by atoms with Crippen molar-refractivity contribution < 1.29 is 14.3 Å². The predicted molar refractivity (Wildman–Crippen MR) is 91.4 cm³/mol. The molecule has 1 aromatic carbocycles. The molecule has 2 aliphatic rings. The number of rotatable bonds is 3. The van der Waals surface area contributed by atoms with E-state index in [1.165, 1.54) is 0 Å². The number of para-hydroxylation sites is 2. The fourth-order valence-electron chi connectivity index (χ4n) is 3.29. The molecule has 1 saturated heterocycles. The van der Waals surface area contributed by atoms with Crippen LogP contribution in [0.4, 0.5) is 0 Å². The quantitative estimate of drug-likeness (QED) is 0.910. The van der Waals surface area contributed by atoms with Crippen LogP contribution in [0, 0.1) is 0 Å². The van der Waals surface area contributed by atoms with Gasteiger partial charge in [-0.25, -0.2) is 4.98 Å². The van der Waals surface area contributed by atoms with Crippen LogP contribution in [0.5, 0.6) is 11.5 Å². The summed E-state index contributed by atoms with van der Waals surface area (Å²) >= 11 is 0. The van der Waals surface area contributed by atoms with E-state index < -0.39 is 6.10 Å². The molecule has 3 heterocycles. The molecule has 1 aromatic heterocycles. The maximum Gasteiger partial charge on any atom is 0.267 e. The lowest BCUT2D eigenvalue weighted by Gasteiger charge is -2.30. The van der Waals surface area contributed by atoms with Crippen molar-refractivity contribution in [1.29, 1.82) is 0 Å². The number of carbonyl (C=O) groups is 1. The highest BCUT2D eigenvalue weighted by Gasteiger charge is 2.31. The van der Waals surface area contributed by atoms with E-state index in [2.05, 4.69) is 14.9 Å². The Kier molecular flexibility index (Phi) is 4.56. The van der Waals surface area contributed by atoms with Crippen molar-refractivity contribution in [2.24, 2.45) is 0 Å². The highest BCUT2D eigenvalue weighted by Crippen LogP contribution is 2.31. The number of imidazole rings is 1. The van der Waals surface area contributed by atoms with E-state index in [0.29, 0.717) is 18.0 Å². The third-order valence-corrected chi connectivity index (χ3v) is 4.61. The second-order valence-electron chi connectivity index (χ2n) is 6.36. The molecule has 132 valence electrons. The van der Waals surface area contributed by atoms with Crippen LogP contribution in [0.2, 0.25) is 0 Å². The first-order valence-electron chi connectivity index (χ1n) is 8.67. The first kappa shape index (κ1) is 16.0. The number of ether oxygens (including phenoxy) is 2. The average Bonchev–Trinajstić information content (AvgIpc) is 3.05. The summed E-state index contributed by atoms with van der Waals surface area (Å²) in [4.78, 5) is 24.4. The molecule has 7 nitrogen and oxygen atoms in total. The minimum absolute atomic E-state index is 0.00866. The van der Waals surface area contributed by atoms with Gasteiger partial charge in [-0.1, -0.05) is 12.1 Å². The van der Waals surface area contributed by atoms with Crippen LogP contribution in [0.3, 0.4) is 0 Å². The zero-order valence-electron chi connectivity index (χ0n) is 14.1. The van der Waals surface area contributed by atoms with E-state index >= 15 is 0 Å². The number of amides is 1. The van der Waals surface area contributed by atoms with Crippen molar-refractivity contribution in [3.63, 3.8) is 0 Å². The maximum absolute atomic E-state index is 12.8. The molecule has 2 aromatic rings. The van der Waals surface area contributed by atoms with Gasteiger partial charge in [0.2, 0.25) is 6.10 Å². The Balaban J connectivity index is 1.35. The van der Waals surface area contributed by atoms with E-state index in [4.69, 9.17) is 9.47 Å². The SMILES string of the molecule is O=C(C1COc2ccccc2O1)N1CCCN(Cc2ncc[nH]2)CC1. The van der Waals surface area contributed by atoms with Crippen LogP contribution in [-0.2, 0) is 11.3 Å². The summed E-state index contributed by atoms with van der Waals surface area (Å²) in [7, 11) is 0. The van der Waals surface area contributed by atoms with Crippen molar-refractivity contribution in [2.45, 2.75) is 19.1 Å². The second-order valence-corrected chi connectivity index (χ2v) is 6.36. The number of aromatic amines is 1. The molecule has 2 aliphatic heterocycles. The topological polar surface area (TPSA) is 70.7 Å². The zero-order valence-corrected chi connectivity index (χ0v) is 14.1. The highest BCUT2D eigenvalue weighted by atomic mass is 16.6. The van der Waals surface area contributed by atoms with Crippen LogP contribution in [0.25, 0.3) is 0 Å². The van der Waals surface area contributed by atoms with Crippen molar-refractivity contribution >= 4 is 5.91 Å². The number of carbonyl (C=O) groups excluding carboxylic acids is 1. The summed E-state index contributed by atoms with van der Waals surface area (Å²) in [5.74, 6) is 2.31. The third kappa shape index (κ3) is 3.61. The Morgan fingerprint density at radius 1 is 1.20 bits per heavy atom. The standard InChI is InChI=1S/C18H22N4O3/c23-18(16-13-24-14-4-1-2-5-15(14)25-16)22-9-3-8-21(10-11-22)12-17-19-6-7-20-17/h1-2,4-7,16H,3,8-13H2,(H,19,20). The molecule has 1 N–H and O–H groups in total. The number of H-pyrrole nitrogens is 1. The van der Waals surface area contributed by atoms with Gasteiger partial charge in [-0.15, -0.1) is 0 Å². The summed E-state index contributed by atoms with van der Waals surface area (Å²) in [5.41, 5.74) is 0. The van der Waals surface area contributed by atoms with Crippen molar-refractivity contribution in [2.75, 3.05) is 32.8 Å². The average molecular weight is 342 g/mol. The molecule has 25 heavy (non-hydrogen) atoms. The third-order valence-electron chi connectivity index (χ3n) is 4.61. The number of benzene rings is 1. The van der Waals surface area contributed by atoms with Gasteiger partial charge in [0.1, 0.15) is 12.4 Å². The fraction of sp³-hybridized carbons (Fsp3) is 0.444. The number of aromatic nitrogens is 2. The summed E-state index contributed by atoms with van der Waals surface area (Å²) in [6.07, 6.45) is 3.98. The van der Waals surface area contributed by atoms with Gasteiger partial charge in [0.05, 0.1) is 6.54 Å². The van der Waals surface area contributed by atoms with E-state index in [0.717, 1.165) is 38.4 Å². The number of hydrogen-bond donors (Lipinski definition) is 1. The molecule has 1 unspecified atom stereocenters. The fourth-order valence-corrected chi connectivity index (χ4v) is 3.29. The number of nitrogens with zero attached hydrogens (tertiary/aromatic N) is 3. The molecule has 0 spiro atoms. The molecular weight excluding hydrogens is 320 g/mol. The number of fused-ring (bicyclic) bond motifs is 1. The zero-order chi connectivity index (χ0) is 17.1. The van der Waals surface area contributed by atoms with E-state index in [1.807, 2.05) is 35.4 Å². The van der Waals surface area contributed by atoms with E-state index in [9.17, 15) is 4.79 Å². The summed E-state index contributed by atoms with van der Waals surface area (Å²) in [6, 6.07) is 7.47. The molecule has 0 bridgehead atoms. The molecule has 1 fully saturated rings. The van der Waals surface area contributed by atoms with Crippen molar-refractivity contribution in [1.82, 2.24) is 19.8 Å². The number of nitrogens with one attached hydrogen (secondary N) is 1. The first-order chi connectivity index (χ1) is 12.3. The first-order valence-corrected chi connectivity index (χ1v) is 8.67.